The van der Waals surface area contributed by atoms with Crippen molar-refractivity contribution >= 4 is 0 Å². The lowest BCUT2D eigenvalue weighted by Gasteiger charge is -2.70. The van der Waals surface area contributed by atoms with Crippen LogP contribution < -0.4 is 5.32 Å². The highest BCUT2D eigenvalue weighted by Gasteiger charge is 2.75. The van der Waals surface area contributed by atoms with Crippen LogP contribution in [-0.4, -0.2) is 95.8 Å². The van der Waals surface area contributed by atoms with E-state index in [4.69, 9.17) is 0 Å². The van der Waals surface area contributed by atoms with E-state index >= 15 is 0 Å². The van der Waals surface area contributed by atoms with E-state index in [9.17, 15) is 0 Å². The quantitative estimate of drug-likeness (QED) is 0.414. The molecule has 3 unspecified atom stereocenters. The third kappa shape index (κ3) is 3.66. The van der Waals surface area contributed by atoms with Crippen molar-refractivity contribution < 1.29 is 9.08 Å². The Bertz CT molecular complexity index is 659. The van der Waals surface area contributed by atoms with Crippen molar-refractivity contribution in [3.8, 4) is 0 Å². The van der Waals surface area contributed by atoms with Gasteiger partial charge < -0.3 is 5.32 Å². The zero-order chi connectivity index (χ0) is 24.6. The van der Waals surface area contributed by atoms with Crippen LogP contribution in [0.25, 0.3) is 0 Å². The van der Waals surface area contributed by atoms with Crippen molar-refractivity contribution in [1.82, 2.24) is 15.2 Å². The molecule has 0 radical (unpaired) electrons. The maximum atomic E-state index is 3.66. The van der Waals surface area contributed by atoms with Gasteiger partial charge in [0.2, 0.25) is 5.66 Å². The number of hydrogen-bond acceptors (Lipinski definition) is 3. The van der Waals surface area contributed by atoms with Crippen LogP contribution in [0, 0.1) is 5.92 Å². The Labute approximate surface area is 212 Å². The summed E-state index contributed by atoms with van der Waals surface area (Å²) in [5.74, 6) is 0.862. The highest BCUT2D eigenvalue weighted by atomic mass is 15.9. The van der Waals surface area contributed by atoms with Gasteiger partial charge in [-0.05, 0) is 52.6 Å². The number of nitrogens with zero attached hydrogens (tertiary/aromatic N) is 4. The fourth-order valence-corrected chi connectivity index (χ4v) is 9.86. The van der Waals surface area contributed by atoms with Crippen LogP contribution in [0.3, 0.4) is 0 Å². The SMILES string of the molecule is CCC1C[N+]2(CCCC2)N(C(CC)(C2CC2)[N+]2(C(CC)CNC)CCCC2)C(CC)(CC)N1C. The van der Waals surface area contributed by atoms with E-state index in [2.05, 4.69) is 63.9 Å². The molecule has 1 saturated carbocycles. The Morgan fingerprint density at radius 1 is 0.941 bits per heavy atom. The first-order valence-electron chi connectivity index (χ1n) is 15.3. The average molecular weight is 478 g/mol. The Hall–Kier alpha value is -0.200. The molecule has 3 aliphatic heterocycles. The van der Waals surface area contributed by atoms with Crippen LogP contribution in [0.2, 0.25) is 0 Å². The maximum absolute atomic E-state index is 3.66. The van der Waals surface area contributed by atoms with Crippen molar-refractivity contribution in [2.45, 2.75) is 129 Å². The Balaban J connectivity index is 1.99. The molecule has 4 fully saturated rings. The number of quaternary nitrogens is 2. The molecule has 1 aliphatic carbocycles. The van der Waals surface area contributed by atoms with Gasteiger partial charge in [0.05, 0.1) is 32.2 Å². The molecule has 0 amide bonds. The summed E-state index contributed by atoms with van der Waals surface area (Å²) in [6, 6.07) is 1.42. The third-order valence-corrected chi connectivity index (χ3v) is 11.4. The van der Waals surface area contributed by atoms with Gasteiger partial charge in [-0.2, -0.15) is 0 Å². The van der Waals surface area contributed by atoms with E-state index < -0.39 is 0 Å². The molecule has 0 aromatic heterocycles. The predicted octanol–water partition coefficient (Wildman–Crippen LogP) is 5.18. The van der Waals surface area contributed by atoms with Gasteiger partial charge in [-0.1, -0.05) is 39.6 Å². The van der Waals surface area contributed by atoms with E-state index in [1.165, 1.54) is 112 Å². The van der Waals surface area contributed by atoms with E-state index in [1.807, 2.05) is 0 Å². The van der Waals surface area contributed by atoms with Gasteiger partial charge >= 0.3 is 0 Å². The molecule has 198 valence electrons. The monoisotopic (exact) mass is 477 g/mol. The number of likely N-dealkylation sites (tertiary alicyclic amines) is 1. The number of rotatable bonds is 11. The molecule has 34 heavy (non-hydrogen) atoms. The molecule has 4 aliphatic rings. The number of hydrogen-bond donors (Lipinski definition) is 1. The molecule has 3 heterocycles. The van der Waals surface area contributed by atoms with Gasteiger partial charge in [0.15, 0.2) is 0 Å². The summed E-state index contributed by atoms with van der Waals surface area (Å²) in [7, 11) is 4.70. The minimum Gasteiger partial charge on any atom is -0.314 e. The average Bonchev–Trinajstić information content (AvgIpc) is 3.41. The van der Waals surface area contributed by atoms with E-state index in [-0.39, 0.29) is 11.3 Å². The lowest BCUT2D eigenvalue weighted by Crippen LogP contribution is -2.90. The van der Waals surface area contributed by atoms with Crippen LogP contribution in [0.5, 0.6) is 0 Å². The normalized spacial score (nSPS) is 31.7. The summed E-state index contributed by atoms with van der Waals surface area (Å²) < 4.78 is 2.67. The molecule has 1 N–H and O–H groups in total. The third-order valence-electron chi connectivity index (χ3n) is 11.4. The smallest absolute Gasteiger partial charge is 0.202 e. The molecule has 4 rings (SSSR count). The van der Waals surface area contributed by atoms with Gasteiger partial charge in [-0.25, -0.2) is 4.59 Å². The first-order chi connectivity index (χ1) is 16.4. The predicted molar refractivity (Wildman–Crippen MR) is 144 cm³/mol. The summed E-state index contributed by atoms with van der Waals surface area (Å²) in [4.78, 5) is 2.90. The summed E-state index contributed by atoms with van der Waals surface area (Å²) >= 11 is 0. The van der Waals surface area contributed by atoms with Crippen molar-refractivity contribution in [2.75, 3.05) is 53.4 Å². The van der Waals surface area contributed by atoms with Crippen LogP contribution in [0.4, 0.5) is 0 Å². The molecule has 5 heteroatoms. The van der Waals surface area contributed by atoms with Crippen LogP contribution in [-0.2, 0) is 0 Å². The fourth-order valence-electron chi connectivity index (χ4n) is 9.86. The molecule has 1 spiro atoms. The summed E-state index contributed by atoms with van der Waals surface area (Å²) in [5.41, 5.74) is 0.422. The fraction of sp³-hybridized carbons (Fsp3) is 1.00. The highest BCUT2D eigenvalue weighted by Crippen LogP contribution is 2.60. The summed E-state index contributed by atoms with van der Waals surface area (Å²) in [5, 5.41) is 6.98. The van der Waals surface area contributed by atoms with Crippen LogP contribution in [0.15, 0.2) is 0 Å². The van der Waals surface area contributed by atoms with Gasteiger partial charge in [0, 0.05) is 44.6 Å². The van der Waals surface area contributed by atoms with E-state index in [0.717, 1.165) is 18.5 Å². The lowest BCUT2D eigenvalue weighted by atomic mass is 9.83. The maximum Gasteiger partial charge on any atom is 0.202 e. The second kappa shape index (κ2) is 10.3. The van der Waals surface area contributed by atoms with Gasteiger partial charge in [-0.15, -0.1) is 0 Å². The molecule has 5 nitrogen and oxygen atoms in total. The second-order valence-electron chi connectivity index (χ2n) is 12.4. The standard InChI is InChI=1S/C29H59N5/c1-8-26-24-33(19-13-14-20-33)32(28(10-3,11-4)31(26)7)29(12-5,25-17-18-25)34(21-15-16-22-34)27(9-2)23-30-6/h25-27,30H,8-24H2,1-7H3/q+2. The zero-order valence-electron chi connectivity index (χ0n) is 24.0. The van der Waals surface area contributed by atoms with Crippen molar-refractivity contribution in [1.29, 1.82) is 0 Å². The molecule has 3 saturated heterocycles. The first-order valence-corrected chi connectivity index (χ1v) is 15.3. The Kier molecular flexibility index (Phi) is 8.12. The Morgan fingerprint density at radius 2 is 1.53 bits per heavy atom. The summed E-state index contributed by atoms with van der Waals surface area (Å²) in [6.07, 6.45) is 14.9. The first kappa shape index (κ1) is 26.9. The summed E-state index contributed by atoms with van der Waals surface area (Å²) in [6.45, 7) is 20.6. The molecular formula is C29H59N5+2. The molecule has 0 aromatic rings. The van der Waals surface area contributed by atoms with Gasteiger partial charge in [0.25, 0.3) is 0 Å². The van der Waals surface area contributed by atoms with Gasteiger partial charge in [0.1, 0.15) is 18.2 Å². The topological polar surface area (TPSA) is 18.5 Å². The van der Waals surface area contributed by atoms with Crippen molar-refractivity contribution in [3.63, 3.8) is 0 Å². The number of likely N-dealkylation sites (N-methyl/N-ethyl adjacent to an activating group) is 2. The van der Waals surface area contributed by atoms with Crippen molar-refractivity contribution in [3.05, 3.63) is 0 Å². The minimum atomic E-state index is 0.160. The Morgan fingerprint density at radius 3 is 1.97 bits per heavy atom. The highest BCUT2D eigenvalue weighted by molar-refractivity contribution is 5.04. The lowest BCUT2D eigenvalue weighted by molar-refractivity contribution is -1.12. The molecule has 0 bridgehead atoms. The van der Waals surface area contributed by atoms with Gasteiger partial charge in [-0.3, -0.25) is 9.38 Å². The van der Waals surface area contributed by atoms with Crippen LogP contribution >= 0.6 is 0 Å². The zero-order valence-corrected chi connectivity index (χ0v) is 24.0. The minimum absolute atomic E-state index is 0.160. The molecular weight excluding hydrogens is 418 g/mol. The van der Waals surface area contributed by atoms with E-state index in [1.54, 1.807) is 0 Å². The number of nitrogens with one attached hydrogen (secondary N) is 1. The van der Waals surface area contributed by atoms with Crippen molar-refractivity contribution in [2.24, 2.45) is 5.92 Å². The largest absolute Gasteiger partial charge is 0.314 e. The van der Waals surface area contributed by atoms with Crippen LogP contribution in [0.1, 0.15) is 105 Å². The van der Waals surface area contributed by atoms with E-state index in [0.29, 0.717) is 6.04 Å². The molecule has 0 aromatic carbocycles. The second-order valence-corrected chi connectivity index (χ2v) is 12.4. The molecule has 3 atom stereocenters.